The maximum atomic E-state index is 13.6. The lowest BCUT2D eigenvalue weighted by molar-refractivity contribution is 0.0548. The van der Waals surface area contributed by atoms with Crippen LogP contribution >= 0.6 is 0 Å². The van der Waals surface area contributed by atoms with E-state index in [1.807, 2.05) is 54.6 Å². The molecular weight excluding hydrogens is 460 g/mol. The molecule has 36 heavy (non-hydrogen) atoms. The van der Waals surface area contributed by atoms with Gasteiger partial charge in [-0.3, -0.25) is 9.69 Å². The van der Waals surface area contributed by atoms with Crippen LogP contribution in [0, 0.1) is 0 Å². The summed E-state index contributed by atoms with van der Waals surface area (Å²) in [6.45, 7) is 2.92. The number of aliphatic hydroxyl groups is 1. The fourth-order valence-electron chi connectivity index (χ4n) is 4.34. The molecule has 0 radical (unpaired) electrons. The van der Waals surface area contributed by atoms with Crippen LogP contribution in [0.2, 0.25) is 0 Å². The van der Waals surface area contributed by atoms with Crippen molar-refractivity contribution < 1.29 is 28.9 Å². The Morgan fingerprint density at radius 2 is 1.56 bits per heavy atom. The number of rotatable bonds is 6. The Balaban J connectivity index is 1.46. The number of hydrogen-bond acceptors (Lipinski definition) is 6. The van der Waals surface area contributed by atoms with Crippen molar-refractivity contribution in [1.82, 2.24) is 4.90 Å². The Morgan fingerprint density at radius 3 is 2.31 bits per heavy atom. The Bertz CT molecular complexity index is 1240. The van der Waals surface area contributed by atoms with Crippen molar-refractivity contribution in [1.29, 1.82) is 0 Å². The topological polar surface area (TPSA) is 88.5 Å². The first kappa shape index (κ1) is 23.8. The monoisotopic (exact) mass is 488 g/mol. The van der Waals surface area contributed by atoms with Crippen molar-refractivity contribution in [2.75, 3.05) is 51.0 Å². The van der Waals surface area contributed by atoms with Gasteiger partial charge in [-0.1, -0.05) is 42.5 Å². The van der Waals surface area contributed by atoms with Crippen LogP contribution in [-0.2, 0) is 11.3 Å². The lowest BCUT2D eigenvalue weighted by Gasteiger charge is -2.33. The van der Waals surface area contributed by atoms with E-state index in [0.29, 0.717) is 57.4 Å². The minimum atomic E-state index is -0.534. The molecule has 5 rings (SSSR count). The van der Waals surface area contributed by atoms with Crippen molar-refractivity contribution >= 4 is 17.5 Å². The smallest absolute Gasteiger partial charge is 0.324 e. The third-order valence-corrected chi connectivity index (χ3v) is 6.31. The standard InChI is InChI=1S/C28H28N2O6/c31-19-25(32)21-6-4-20(5-7-21)18-30(28(33)29-10-12-34-13-11-29)24-3-1-2-22(16-24)23-8-9-26-27(17-23)36-15-14-35-26/h1-9,16-17,31H,10-15,18-19H2. The van der Waals surface area contributed by atoms with E-state index in [9.17, 15) is 9.59 Å². The maximum absolute atomic E-state index is 13.6. The second-order valence-corrected chi connectivity index (χ2v) is 8.66. The number of carbonyl (C=O) groups excluding carboxylic acids is 2. The molecule has 3 aromatic carbocycles. The van der Waals surface area contributed by atoms with Crippen molar-refractivity contribution in [2.24, 2.45) is 0 Å². The molecule has 1 N–H and O–H groups in total. The average Bonchev–Trinajstić information content (AvgIpc) is 2.95. The van der Waals surface area contributed by atoms with Gasteiger partial charge in [-0.05, 0) is 41.0 Å². The third-order valence-electron chi connectivity index (χ3n) is 6.31. The lowest BCUT2D eigenvalue weighted by Crippen LogP contribution is -2.48. The summed E-state index contributed by atoms with van der Waals surface area (Å²) in [5.74, 6) is 1.10. The summed E-state index contributed by atoms with van der Waals surface area (Å²) >= 11 is 0. The number of anilines is 1. The zero-order valence-corrected chi connectivity index (χ0v) is 19.9. The maximum Gasteiger partial charge on any atom is 0.324 e. The number of hydrogen-bond donors (Lipinski definition) is 1. The predicted octanol–water partition coefficient (Wildman–Crippen LogP) is 3.76. The summed E-state index contributed by atoms with van der Waals surface area (Å²) in [4.78, 5) is 29.0. The van der Waals surface area contributed by atoms with Crippen molar-refractivity contribution in [3.8, 4) is 22.6 Å². The van der Waals surface area contributed by atoms with E-state index in [1.54, 1.807) is 21.9 Å². The number of morpholine rings is 1. The highest BCUT2D eigenvalue weighted by molar-refractivity contribution is 5.97. The molecule has 0 aromatic heterocycles. The number of amides is 2. The number of Topliss-reactive ketones (excluding diaryl/α,β-unsaturated/α-hetero) is 1. The number of ether oxygens (including phenoxy) is 3. The van der Waals surface area contributed by atoms with E-state index in [1.165, 1.54) is 0 Å². The number of urea groups is 1. The molecule has 2 aliphatic rings. The minimum Gasteiger partial charge on any atom is -0.486 e. The summed E-state index contributed by atoms with van der Waals surface area (Å²) < 4.78 is 16.8. The summed E-state index contributed by atoms with van der Waals surface area (Å²) in [6.07, 6.45) is 0. The molecule has 0 bridgehead atoms. The van der Waals surface area contributed by atoms with Crippen LogP contribution in [-0.4, -0.2) is 67.9 Å². The molecule has 8 nitrogen and oxygen atoms in total. The molecule has 8 heteroatoms. The van der Waals surface area contributed by atoms with Gasteiger partial charge in [0.1, 0.15) is 19.8 Å². The van der Waals surface area contributed by atoms with Crippen LogP contribution in [0.15, 0.2) is 66.7 Å². The first-order valence-electron chi connectivity index (χ1n) is 12.0. The third kappa shape index (κ3) is 5.19. The zero-order valence-electron chi connectivity index (χ0n) is 19.9. The van der Waals surface area contributed by atoms with Crippen LogP contribution in [0.25, 0.3) is 11.1 Å². The summed E-state index contributed by atoms with van der Waals surface area (Å²) in [5, 5.41) is 9.12. The molecule has 186 valence electrons. The Kier molecular flexibility index (Phi) is 7.16. The molecule has 0 atom stereocenters. The molecule has 2 heterocycles. The largest absolute Gasteiger partial charge is 0.486 e. The molecular formula is C28H28N2O6. The van der Waals surface area contributed by atoms with E-state index >= 15 is 0 Å². The number of aliphatic hydroxyl groups excluding tert-OH is 1. The molecule has 3 aromatic rings. The number of nitrogens with zero attached hydrogens (tertiary/aromatic N) is 2. The van der Waals surface area contributed by atoms with E-state index in [2.05, 4.69) is 0 Å². The fraction of sp³-hybridized carbons (Fsp3) is 0.286. The second-order valence-electron chi connectivity index (χ2n) is 8.66. The summed E-state index contributed by atoms with van der Waals surface area (Å²) in [5.41, 5.74) is 3.98. The van der Waals surface area contributed by atoms with Crippen molar-refractivity contribution in [2.45, 2.75) is 6.54 Å². The van der Waals surface area contributed by atoms with Gasteiger partial charge in [0.25, 0.3) is 0 Å². The second kappa shape index (κ2) is 10.8. The van der Waals surface area contributed by atoms with E-state index in [-0.39, 0.29) is 11.8 Å². The molecule has 2 amide bonds. The molecule has 1 saturated heterocycles. The van der Waals surface area contributed by atoms with Crippen LogP contribution in [0.4, 0.5) is 10.5 Å². The molecule has 0 saturated carbocycles. The predicted molar refractivity (Wildman–Crippen MR) is 135 cm³/mol. The number of fused-ring (bicyclic) bond motifs is 1. The van der Waals surface area contributed by atoms with Gasteiger partial charge in [0.15, 0.2) is 17.3 Å². The van der Waals surface area contributed by atoms with E-state index in [0.717, 1.165) is 28.1 Å². The highest BCUT2D eigenvalue weighted by Gasteiger charge is 2.25. The normalized spacial score (nSPS) is 14.9. The van der Waals surface area contributed by atoms with Crippen molar-refractivity contribution in [3.05, 3.63) is 77.9 Å². The van der Waals surface area contributed by atoms with Crippen LogP contribution in [0.3, 0.4) is 0 Å². The van der Waals surface area contributed by atoms with Crippen LogP contribution in [0.5, 0.6) is 11.5 Å². The zero-order chi connectivity index (χ0) is 24.9. The van der Waals surface area contributed by atoms with Crippen molar-refractivity contribution in [3.63, 3.8) is 0 Å². The SMILES string of the molecule is O=C(CO)c1ccc(CN(C(=O)N2CCOCC2)c2cccc(-c3ccc4c(c3)OCCO4)c2)cc1. The summed E-state index contributed by atoms with van der Waals surface area (Å²) in [7, 11) is 0. The quantitative estimate of drug-likeness (QED) is 0.532. The highest BCUT2D eigenvalue weighted by Crippen LogP contribution is 2.35. The number of benzene rings is 3. The first-order chi connectivity index (χ1) is 17.6. The first-order valence-corrected chi connectivity index (χ1v) is 12.0. The van der Waals surface area contributed by atoms with Crippen LogP contribution in [0.1, 0.15) is 15.9 Å². The van der Waals surface area contributed by atoms with Gasteiger partial charge >= 0.3 is 6.03 Å². The van der Waals surface area contributed by atoms with E-state index < -0.39 is 6.61 Å². The van der Waals surface area contributed by atoms with Gasteiger partial charge in [0.05, 0.1) is 19.8 Å². The Labute approximate surface area is 209 Å². The number of ketones is 1. The van der Waals surface area contributed by atoms with Gasteiger partial charge in [-0.15, -0.1) is 0 Å². The van der Waals surface area contributed by atoms with E-state index in [4.69, 9.17) is 19.3 Å². The van der Waals surface area contributed by atoms with Gasteiger partial charge < -0.3 is 24.2 Å². The summed E-state index contributed by atoms with van der Waals surface area (Å²) in [6, 6.07) is 20.6. The van der Waals surface area contributed by atoms with Gasteiger partial charge in [-0.2, -0.15) is 0 Å². The Morgan fingerprint density at radius 1 is 0.833 bits per heavy atom. The Hall–Kier alpha value is -3.88. The minimum absolute atomic E-state index is 0.104. The fourth-order valence-corrected chi connectivity index (χ4v) is 4.34. The molecule has 2 aliphatic heterocycles. The lowest BCUT2D eigenvalue weighted by atomic mass is 10.0. The van der Waals surface area contributed by atoms with Crippen LogP contribution < -0.4 is 14.4 Å². The van der Waals surface area contributed by atoms with Gasteiger partial charge in [0.2, 0.25) is 0 Å². The van der Waals surface area contributed by atoms with Gasteiger partial charge in [-0.25, -0.2) is 4.79 Å². The van der Waals surface area contributed by atoms with Gasteiger partial charge in [0, 0.05) is 24.3 Å². The highest BCUT2D eigenvalue weighted by atomic mass is 16.6. The molecule has 0 unspecified atom stereocenters. The number of carbonyl (C=O) groups is 2. The molecule has 0 aliphatic carbocycles. The molecule has 1 fully saturated rings. The average molecular weight is 489 g/mol. The molecule has 0 spiro atoms.